The van der Waals surface area contributed by atoms with E-state index in [0.717, 1.165) is 37.9 Å². The van der Waals surface area contributed by atoms with Crippen LogP contribution in [0.2, 0.25) is 0 Å². The molecule has 7 nitrogen and oxygen atoms in total. The monoisotopic (exact) mass is 400 g/mol. The number of carbonyl (C=O) groups excluding carboxylic acids is 3. The highest BCUT2D eigenvalue weighted by Crippen LogP contribution is 2.40. The summed E-state index contributed by atoms with van der Waals surface area (Å²) in [6.45, 7) is 5.61. The Bertz CT molecular complexity index is 790. The molecule has 0 bridgehead atoms. The van der Waals surface area contributed by atoms with Crippen molar-refractivity contribution in [2.45, 2.75) is 45.6 Å². The highest BCUT2D eigenvalue weighted by atomic mass is 16.2. The fourth-order valence-electron chi connectivity index (χ4n) is 4.01. The number of rotatable bonds is 6. The molecule has 1 fully saturated rings. The molecular formula is C22H32N4O3. The zero-order chi connectivity index (χ0) is 21.1. The molecule has 1 saturated heterocycles. The van der Waals surface area contributed by atoms with Gasteiger partial charge in [0, 0.05) is 32.7 Å². The maximum atomic E-state index is 13.3. The third kappa shape index (κ3) is 4.54. The Balaban J connectivity index is 1.90. The van der Waals surface area contributed by atoms with Crippen LogP contribution in [0.1, 0.15) is 49.9 Å². The van der Waals surface area contributed by atoms with Crippen LogP contribution >= 0.6 is 0 Å². The Morgan fingerprint density at radius 3 is 2.66 bits per heavy atom. The van der Waals surface area contributed by atoms with Crippen LogP contribution < -0.4 is 15.1 Å². The lowest BCUT2D eigenvalue weighted by Gasteiger charge is -2.45. The van der Waals surface area contributed by atoms with Gasteiger partial charge in [0.05, 0.1) is 11.4 Å². The lowest BCUT2D eigenvalue weighted by Crippen LogP contribution is -2.57. The largest absolute Gasteiger partial charge is 0.358 e. The van der Waals surface area contributed by atoms with Crippen LogP contribution in [0.4, 0.5) is 11.4 Å². The van der Waals surface area contributed by atoms with Gasteiger partial charge in [-0.15, -0.1) is 0 Å². The molecule has 29 heavy (non-hydrogen) atoms. The average molecular weight is 401 g/mol. The second-order valence-electron chi connectivity index (χ2n) is 8.56. The van der Waals surface area contributed by atoms with Crippen LogP contribution in [0, 0.1) is 5.92 Å². The van der Waals surface area contributed by atoms with E-state index < -0.39 is 0 Å². The first-order valence-electron chi connectivity index (χ1n) is 10.5. The second-order valence-corrected chi connectivity index (χ2v) is 8.56. The predicted molar refractivity (Wildman–Crippen MR) is 114 cm³/mol. The molecule has 1 aromatic carbocycles. The summed E-state index contributed by atoms with van der Waals surface area (Å²) in [6, 6.07) is 5.25. The minimum absolute atomic E-state index is 0.0200. The van der Waals surface area contributed by atoms with Crippen LogP contribution in [-0.4, -0.2) is 62.4 Å². The first-order valence-corrected chi connectivity index (χ1v) is 10.5. The Morgan fingerprint density at radius 2 is 1.97 bits per heavy atom. The van der Waals surface area contributed by atoms with Crippen molar-refractivity contribution >= 4 is 29.1 Å². The van der Waals surface area contributed by atoms with Crippen LogP contribution in [0.5, 0.6) is 0 Å². The number of nitrogens with one attached hydrogen (secondary N) is 1. The SMILES string of the molecule is CC(C)CCNC(=O)CN1C(=O)C2CCCCN2c2ccc(C(=O)N(C)C)cc21. The lowest BCUT2D eigenvalue weighted by atomic mass is 9.95. The zero-order valence-electron chi connectivity index (χ0n) is 17.9. The van der Waals surface area contributed by atoms with E-state index in [0.29, 0.717) is 23.7 Å². The number of benzene rings is 1. The van der Waals surface area contributed by atoms with Gasteiger partial charge in [-0.2, -0.15) is 0 Å². The van der Waals surface area contributed by atoms with E-state index in [2.05, 4.69) is 24.1 Å². The fourth-order valence-corrected chi connectivity index (χ4v) is 4.01. The van der Waals surface area contributed by atoms with Crippen molar-refractivity contribution in [1.29, 1.82) is 0 Å². The van der Waals surface area contributed by atoms with E-state index in [9.17, 15) is 14.4 Å². The van der Waals surface area contributed by atoms with Crippen molar-refractivity contribution in [2.24, 2.45) is 5.92 Å². The molecule has 0 aliphatic carbocycles. The summed E-state index contributed by atoms with van der Waals surface area (Å²) in [6.07, 6.45) is 3.74. The Labute approximate surface area is 173 Å². The quantitative estimate of drug-likeness (QED) is 0.795. The summed E-state index contributed by atoms with van der Waals surface area (Å²) in [5.41, 5.74) is 2.10. The first-order chi connectivity index (χ1) is 13.8. The van der Waals surface area contributed by atoms with Crippen molar-refractivity contribution in [2.75, 3.05) is 43.5 Å². The van der Waals surface area contributed by atoms with Gasteiger partial charge in [-0.3, -0.25) is 19.3 Å². The van der Waals surface area contributed by atoms with E-state index in [4.69, 9.17) is 0 Å². The summed E-state index contributed by atoms with van der Waals surface area (Å²) >= 11 is 0. The highest BCUT2D eigenvalue weighted by molar-refractivity contribution is 6.09. The molecule has 3 rings (SSSR count). The second kappa shape index (κ2) is 8.84. The van der Waals surface area contributed by atoms with Crippen LogP contribution in [0.25, 0.3) is 0 Å². The smallest absolute Gasteiger partial charge is 0.253 e. The summed E-state index contributed by atoms with van der Waals surface area (Å²) in [5.74, 6) is 0.162. The molecule has 0 saturated carbocycles. The van der Waals surface area contributed by atoms with E-state index in [1.165, 1.54) is 4.90 Å². The Kier molecular flexibility index (Phi) is 6.45. The molecule has 2 aliphatic heterocycles. The van der Waals surface area contributed by atoms with Gasteiger partial charge in [0.25, 0.3) is 5.91 Å². The molecule has 0 aromatic heterocycles. The summed E-state index contributed by atoms with van der Waals surface area (Å²) in [5, 5.41) is 2.92. The van der Waals surface area contributed by atoms with E-state index in [1.54, 1.807) is 25.1 Å². The van der Waals surface area contributed by atoms with Crippen molar-refractivity contribution in [3.63, 3.8) is 0 Å². The highest BCUT2D eigenvalue weighted by Gasteiger charge is 2.40. The minimum atomic E-state index is -0.227. The van der Waals surface area contributed by atoms with Crippen molar-refractivity contribution < 1.29 is 14.4 Å². The van der Waals surface area contributed by atoms with Gasteiger partial charge in [0.2, 0.25) is 11.8 Å². The number of anilines is 2. The molecule has 0 spiro atoms. The standard InChI is InChI=1S/C22H32N4O3/c1-15(2)10-11-23-20(27)14-26-19-13-16(21(28)24(3)4)8-9-17(19)25-12-6-5-7-18(25)22(26)29/h8-9,13,15,18H,5-7,10-12,14H2,1-4H3,(H,23,27). The Morgan fingerprint density at radius 1 is 1.21 bits per heavy atom. The average Bonchev–Trinajstić information content (AvgIpc) is 2.69. The van der Waals surface area contributed by atoms with Gasteiger partial charge in [-0.25, -0.2) is 0 Å². The number of amides is 3. The maximum Gasteiger partial charge on any atom is 0.253 e. The molecule has 1 atom stereocenters. The third-order valence-corrected chi connectivity index (χ3v) is 5.63. The zero-order valence-corrected chi connectivity index (χ0v) is 17.9. The number of piperidine rings is 1. The normalized spacial score (nSPS) is 18.4. The van der Waals surface area contributed by atoms with Crippen molar-refractivity contribution in [3.8, 4) is 0 Å². The van der Waals surface area contributed by atoms with Crippen molar-refractivity contribution in [1.82, 2.24) is 10.2 Å². The molecule has 1 unspecified atom stereocenters. The number of nitrogens with zero attached hydrogens (tertiary/aromatic N) is 3. The van der Waals surface area contributed by atoms with Gasteiger partial charge in [-0.1, -0.05) is 13.8 Å². The number of fused-ring (bicyclic) bond motifs is 3. The van der Waals surface area contributed by atoms with Gasteiger partial charge in [-0.05, 0) is 49.8 Å². The molecule has 7 heteroatoms. The topological polar surface area (TPSA) is 73.0 Å². The van der Waals surface area contributed by atoms with Crippen LogP contribution in [0.15, 0.2) is 18.2 Å². The third-order valence-electron chi connectivity index (χ3n) is 5.63. The van der Waals surface area contributed by atoms with E-state index >= 15 is 0 Å². The molecule has 1 N–H and O–H groups in total. The number of carbonyl (C=O) groups is 3. The summed E-state index contributed by atoms with van der Waals surface area (Å²) in [7, 11) is 3.40. The number of hydrogen-bond donors (Lipinski definition) is 1. The molecule has 158 valence electrons. The summed E-state index contributed by atoms with van der Waals surface area (Å²) < 4.78 is 0. The van der Waals surface area contributed by atoms with E-state index in [1.807, 2.05) is 12.1 Å². The molecule has 2 heterocycles. The van der Waals surface area contributed by atoms with Crippen LogP contribution in [-0.2, 0) is 9.59 Å². The Hall–Kier alpha value is -2.57. The van der Waals surface area contributed by atoms with Gasteiger partial charge >= 0.3 is 0 Å². The lowest BCUT2D eigenvalue weighted by molar-refractivity contribution is -0.125. The van der Waals surface area contributed by atoms with Crippen molar-refractivity contribution in [3.05, 3.63) is 23.8 Å². The number of hydrogen-bond acceptors (Lipinski definition) is 4. The predicted octanol–water partition coefficient (Wildman–Crippen LogP) is 2.26. The first kappa shape index (κ1) is 21.1. The van der Waals surface area contributed by atoms with E-state index in [-0.39, 0.29) is 30.3 Å². The summed E-state index contributed by atoms with van der Waals surface area (Å²) in [4.78, 5) is 43.5. The molecule has 3 amide bonds. The molecular weight excluding hydrogens is 368 g/mol. The van der Waals surface area contributed by atoms with Gasteiger partial charge in [0.1, 0.15) is 12.6 Å². The fraction of sp³-hybridized carbons (Fsp3) is 0.591. The maximum absolute atomic E-state index is 13.3. The van der Waals surface area contributed by atoms with Crippen LogP contribution in [0.3, 0.4) is 0 Å². The van der Waals surface area contributed by atoms with Gasteiger partial charge < -0.3 is 15.1 Å². The minimum Gasteiger partial charge on any atom is -0.358 e. The molecule has 0 radical (unpaired) electrons. The molecule has 2 aliphatic rings. The van der Waals surface area contributed by atoms with Gasteiger partial charge in [0.15, 0.2) is 0 Å². The molecule has 1 aromatic rings.